The number of nitrogens with one attached hydrogen (secondary N) is 3. The summed E-state index contributed by atoms with van der Waals surface area (Å²) in [7, 11) is -3.24. The smallest absolute Gasteiger partial charge is 0.276 e. The molecule has 1 unspecified atom stereocenters. The van der Waals surface area contributed by atoms with E-state index in [1.807, 2.05) is 0 Å². The molecule has 1 saturated heterocycles. The molecule has 0 amide bonds. The van der Waals surface area contributed by atoms with E-state index in [9.17, 15) is 8.42 Å². The third-order valence-electron chi connectivity index (χ3n) is 2.34. The van der Waals surface area contributed by atoms with Gasteiger partial charge in [-0.1, -0.05) is 6.92 Å². The Morgan fingerprint density at radius 2 is 2.21 bits per heavy atom. The molecule has 14 heavy (non-hydrogen) atoms. The van der Waals surface area contributed by atoms with Gasteiger partial charge >= 0.3 is 0 Å². The van der Waals surface area contributed by atoms with Gasteiger partial charge in [-0.15, -0.1) is 0 Å². The predicted molar refractivity (Wildman–Crippen MR) is 56.2 cm³/mol. The zero-order valence-electron chi connectivity index (χ0n) is 8.54. The van der Waals surface area contributed by atoms with Crippen LogP contribution in [0.4, 0.5) is 0 Å². The molecule has 3 N–H and O–H groups in total. The van der Waals surface area contributed by atoms with Gasteiger partial charge in [0.2, 0.25) is 0 Å². The molecule has 0 aromatic carbocycles. The summed E-state index contributed by atoms with van der Waals surface area (Å²) in [6.07, 6.45) is 2.07. The summed E-state index contributed by atoms with van der Waals surface area (Å²) in [4.78, 5) is 0. The Hall–Kier alpha value is -0.170. The van der Waals surface area contributed by atoms with E-state index in [1.165, 1.54) is 0 Å². The van der Waals surface area contributed by atoms with Crippen LogP contribution in [0, 0.1) is 5.92 Å². The fourth-order valence-corrected chi connectivity index (χ4v) is 2.47. The van der Waals surface area contributed by atoms with E-state index < -0.39 is 10.2 Å². The van der Waals surface area contributed by atoms with Gasteiger partial charge in [0.1, 0.15) is 0 Å². The van der Waals surface area contributed by atoms with Crippen molar-refractivity contribution in [3.8, 4) is 0 Å². The highest BCUT2D eigenvalue weighted by Gasteiger charge is 2.15. The third-order valence-corrected chi connectivity index (χ3v) is 3.59. The van der Waals surface area contributed by atoms with Gasteiger partial charge in [-0.05, 0) is 31.8 Å². The van der Waals surface area contributed by atoms with Crippen molar-refractivity contribution in [1.29, 1.82) is 0 Å². The molecule has 0 aliphatic carbocycles. The first-order valence-corrected chi connectivity index (χ1v) is 6.57. The summed E-state index contributed by atoms with van der Waals surface area (Å²) in [6, 6.07) is 0. The molecule has 1 fully saturated rings. The molecule has 0 saturated carbocycles. The Kier molecular flexibility index (Phi) is 4.80. The van der Waals surface area contributed by atoms with Crippen molar-refractivity contribution in [1.82, 2.24) is 14.8 Å². The minimum absolute atomic E-state index is 0.431. The van der Waals surface area contributed by atoms with Gasteiger partial charge in [0.05, 0.1) is 0 Å². The van der Waals surface area contributed by atoms with Crippen LogP contribution < -0.4 is 14.8 Å². The Morgan fingerprint density at radius 1 is 1.43 bits per heavy atom. The van der Waals surface area contributed by atoms with E-state index >= 15 is 0 Å². The van der Waals surface area contributed by atoms with E-state index in [2.05, 4.69) is 14.8 Å². The molecular formula is C8H19N3O2S. The molecule has 0 bridgehead atoms. The second kappa shape index (κ2) is 5.65. The minimum atomic E-state index is -3.24. The Balaban J connectivity index is 2.13. The van der Waals surface area contributed by atoms with Crippen LogP contribution in [0.25, 0.3) is 0 Å². The van der Waals surface area contributed by atoms with Gasteiger partial charge in [0.15, 0.2) is 0 Å². The van der Waals surface area contributed by atoms with E-state index in [0.717, 1.165) is 25.9 Å². The average Bonchev–Trinajstić information content (AvgIpc) is 2.56. The lowest BCUT2D eigenvalue weighted by atomic mass is 10.1. The van der Waals surface area contributed by atoms with E-state index in [-0.39, 0.29) is 0 Å². The molecule has 5 nitrogen and oxygen atoms in total. The Morgan fingerprint density at radius 3 is 2.79 bits per heavy atom. The Bertz CT molecular complexity index is 247. The molecule has 84 valence electrons. The third kappa shape index (κ3) is 4.36. The van der Waals surface area contributed by atoms with Gasteiger partial charge in [-0.2, -0.15) is 8.42 Å². The van der Waals surface area contributed by atoms with Crippen molar-refractivity contribution in [2.75, 3.05) is 26.2 Å². The highest BCUT2D eigenvalue weighted by molar-refractivity contribution is 7.87. The first-order valence-electron chi connectivity index (χ1n) is 5.09. The summed E-state index contributed by atoms with van der Waals surface area (Å²) in [5.41, 5.74) is 0. The standard InChI is InChI=1S/C8H19N3O2S/c1-2-10-14(12,13)11-6-4-8-3-5-9-7-8/h8-11H,2-7H2,1H3. The fraction of sp³-hybridized carbons (Fsp3) is 1.00. The molecule has 1 aliphatic heterocycles. The topological polar surface area (TPSA) is 70.2 Å². The van der Waals surface area contributed by atoms with Gasteiger partial charge in [0, 0.05) is 13.1 Å². The maximum Gasteiger partial charge on any atom is 0.276 e. The summed E-state index contributed by atoms with van der Waals surface area (Å²) in [6.45, 7) is 4.80. The molecule has 0 aromatic rings. The van der Waals surface area contributed by atoms with Crippen molar-refractivity contribution < 1.29 is 8.42 Å². The largest absolute Gasteiger partial charge is 0.316 e. The van der Waals surface area contributed by atoms with Crippen molar-refractivity contribution in [3.05, 3.63) is 0 Å². The monoisotopic (exact) mass is 221 g/mol. The van der Waals surface area contributed by atoms with E-state index in [0.29, 0.717) is 19.0 Å². The van der Waals surface area contributed by atoms with Gasteiger partial charge in [0.25, 0.3) is 10.2 Å². The van der Waals surface area contributed by atoms with E-state index in [4.69, 9.17) is 0 Å². The summed E-state index contributed by atoms with van der Waals surface area (Å²) in [5.74, 6) is 0.624. The molecule has 1 atom stereocenters. The maximum absolute atomic E-state index is 11.2. The van der Waals surface area contributed by atoms with Crippen LogP contribution in [-0.2, 0) is 10.2 Å². The Labute approximate surface area is 85.8 Å². The quantitative estimate of drug-likeness (QED) is 0.562. The first kappa shape index (κ1) is 11.9. The van der Waals surface area contributed by atoms with Crippen molar-refractivity contribution >= 4 is 10.2 Å². The molecule has 1 rings (SSSR count). The van der Waals surface area contributed by atoms with Crippen LogP contribution in [-0.4, -0.2) is 34.6 Å². The van der Waals surface area contributed by atoms with Crippen LogP contribution >= 0.6 is 0 Å². The number of hydrogen-bond donors (Lipinski definition) is 3. The predicted octanol–water partition coefficient (Wildman–Crippen LogP) is -0.570. The van der Waals surface area contributed by atoms with Crippen molar-refractivity contribution in [2.45, 2.75) is 19.8 Å². The summed E-state index contributed by atoms with van der Waals surface area (Å²) in [5, 5.41) is 3.25. The number of rotatable bonds is 6. The summed E-state index contributed by atoms with van der Waals surface area (Å²) < 4.78 is 27.2. The van der Waals surface area contributed by atoms with Crippen LogP contribution in [0.15, 0.2) is 0 Å². The molecular weight excluding hydrogens is 202 g/mol. The van der Waals surface area contributed by atoms with Gasteiger partial charge in [-0.3, -0.25) is 0 Å². The fourth-order valence-electron chi connectivity index (χ4n) is 1.60. The lowest BCUT2D eigenvalue weighted by Crippen LogP contribution is -2.37. The lowest BCUT2D eigenvalue weighted by Gasteiger charge is -2.09. The zero-order chi connectivity index (χ0) is 10.4. The average molecular weight is 221 g/mol. The normalized spacial score (nSPS) is 22.8. The first-order chi connectivity index (χ1) is 6.64. The highest BCUT2D eigenvalue weighted by Crippen LogP contribution is 2.10. The minimum Gasteiger partial charge on any atom is -0.316 e. The summed E-state index contributed by atoms with van der Waals surface area (Å²) >= 11 is 0. The van der Waals surface area contributed by atoms with Crippen molar-refractivity contribution in [2.24, 2.45) is 5.92 Å². The van der Waals surface area contributed by atoms with Gasteiger partial charge in [-0.25, -0.2) is 9.44 Å². The SMILES string of the molecule is CCNS(=O)(=O)NCCC1CCNC1. The van der Waals surface area contributed by atoms with E-state index in [1.54, 1.807) is 6.92 Å². The molecule has 0 radical (unpaired) electrons. The van der Waals surface area contributed by atoms with Crippen molar-refractivity contribution in [3.63, 3.8) is 0 Å². The van der Waals surface area contributed by atoms with Gasteiger partial charge < -0.3 is 5.32 Å². The van der Waals surface area contributed by atoms with Crippen LogP contribution in [0.1, 0.15) is 19.8 Å². The van der Waals surface area contributed by atoms with Crippen LogP contribution in [0.3, 0.4) is 0 Å². The molecule has 0 aromatic heterocycles. The molecule has 6 heteroatoms. The lowest BCUT2D eigenvalue weighted by molar-refractivity contribution is 0.515. The van der Waals surface area contributed by atoms with Crippen LogP contribution in [0.2, 0.25) is 0 Å². The molecule has 1 aliphatic rings. The second-order valence-electron chi connectivity index (χ2n) is 3.54. The maximum atomic E-state index is 11.2. The van der Waals surface area contributed by atoms with Crippen LogP contribution in [0.5, 0.6) is 0 Å². The molecule has 0 spiro atoms. The highest BCUT2D eigenvalue weighted by atomic mass is 32.2. The zero-order valence-corrected chi connectivity index (χ0v) is 9.36. The molecule has 1 heterocycles. The second-order valence-corrected chi connectivity index (χ2v) is 5.13. The number of hydrogen-bond acceptors (Lipinski definition) is 3.